The number of rotatable bonds is 8. The maximum absolute atomic E-state index is 12.2. The average Bonchev–Trinajstić information content (AvgIpc) is 2.67. The zero-order chi connectivity index (χ0) is 19.8. The molecular weight excluding hydrogens is 346 g/mol. The van der Waals surface area contributed by atoms with E-state index >= 15 is 0 Å². The maximum atomic E-state index is 12.2. The van der Waals surface area contributed by atoms with E-state index in [1.165, 1.54) is 13.2 Å². The predicted octanol–water partition coefficient (Wildman–Crippen LogP) is 3.90. The number of ether oxygens (including phenoxy) is 3. The van der Waals surface area contributed by atoms with E-state index in [-0.39, 0.29) is 12.2 Å². The van der Waals surface area contributed by atoms with Crippen LogP contribution in [-0.4, -0.2) is 32.2 Å². The van der Waals surface area contributed by atoms with Gasteiger partial charge in [0.25, 0.3) is 5.91 Å². The highest BCUT2D eigenvalue weighted by molar-refractivity contribution is 5.96. The normalized spacial score (nSPS) is 10.2. The maximum Gasteiger partial charge on any atom is 0.338 e. The fourth-order valence-electron chi connectivity index (χ4n) is 2.53. The largest absolute Gasteiger partial charge is 0.493 e. The third kappa shape index (κ3) is 5.48. The van der Waals surface area contributed by atoms with Crippen molar-refractivity contribution in [3.05, 3.63) is 53.1 Å². The van der Waals surface area contributed by atoms with Gasteiger partial charge in [0.2, 0.25) is 0 Å². The first-order chi connectivity index (χ1) is 13.0. The minimum Gasteiger partial charge on any atom is -0.493 e. The number of hydrogen-bond acceptors (Lipinski definition) is 5. The van der Waals surface area contributed by atoms with Crippen LogP contribution in [0.5, 0.6) is 11.5 Å². The van der Waals surface area contributed by atoms with E-state index < -0.39 is 11.9 Å². The van der Waals surface area contributed by atoms with E-state index in [9.17, 15) is 9.59 Å². The number of anilines is 1. The Hall–Kier alpha value is -3.02. The molecule has 144 valence electrons. The summed E-state index contributed by atoms with van der Waals surface area (Å²) in [7, 11) is 1.50. The molecule has 0 spiro atoms. The smallest absolute Gasteiger partial charge is 0.338 e. The highest BCUT2D eigenvalue weighted by Gasteiger charge is 2.15. The van der Waals surface area contributed by atoms with Crippen LogP contribution in [0.2, 0.25) is 0 Å². The summed E-state index contributed by atoms with van der Waals surface area (Å²) in [6, 6.07) is 10.5. The minimum atomic E-state index is -0.605. The Morgan fingerprint density at radius 1 is 1.04 bits per heavy atom. The van der Waals surface area contributed by atoms with Crippen molar-refractivity contribution in [3.63, 3.8) is 0 Å². The molecule has 0 atom stereocenters. The number of carbonyl (C=O) groups is 2. The van der Waals surface area contributed by atoms with Gasteiger partial charge in [0.15, 0.2) is 18.1 Å². The van der Waals surface area contributed by atoms with E-state index in [0.29, 0.717) is 18.1 Å². The fraction of sp³-hybridized carbons (Fsp3) is 0.333. The first kappa shape index (κ1) is 20.3. The third-order valence-electron chi connectivity index (χ3n) is 3.94. The lowest BCUT2D eigenvalue weighted by Crippen LogP contribution is -2.21. The lowest BCUT2D eigenvalue weighted by atomic mass is 10.1. The lowest BCUT2D eigenvalue weighted by Gasteiger charge is -2.13. The highest BCUT2D eigenvalue weighted by Crippen LogP contribution is 2.28. The van der Waals surface area contributed by atoms with Crippen LogP contribution in [-0.2, 0) is 9.53 Å². The fourth-order valence-corrected chi connectivity index (χ4v) is 2.53. The van der Waals surface area contributed by atoms with Crippen LogP contribution in [0.25, 0.3) is 0 Å². The number of aryl methyl sites for hydroxylation is 2. The number of esters is 1. The summed E-state index contributed by atoms with van der Waals surface area (Å²) >= 11 is 0. The Labute approximate surface area is 159 Å². The Morgan fingerprint density at radius 2 is 1.74 bits per heavy atom. The molecule has 0 aliphatic carbocycles. The molecule has 2 rings (SSSR count). The molecule has 0 aliphatic rings. The molecule has 0 aromatic heterocycles. The lowest BCUT2D eigenvalue weighted by molar-refractivity contribution is -0.119. The van der Waals surface area contributed by atoms with Gasteiger partial charge in [0.1, 0.15) is 0 Å². The summed E-state index contributed by atoms with van der Waals surface area (Å²) in [5.74, 6) is 0.00386. The molecule has 2 aromatic rings. The number of methoxy groups -OCH3 is 1. The molecule has 0 unspecified atom stereocenters. The van der Waals surface area contributed by atoms with Crippen LogP contribution < -0.4 is 14.8 Å². The van der Waals surface area contributed by atoms with Crippen LogP contribution in [0, 0.1) is 13.8 Å². The summed E-state index contributed by atoms with van der Waals surface area (Å²) in [6.45, 7) is 6.00. The molecule has 27 heavy (non-hydrogen) atoms. The van der Waals surface area contributed by atoms with Crippen molar-refractivity contribution in [3.8, 4) is 11.5 Å². The van der Waals surface area contributed by atoms with E-state index in [2.05, 4.69) is 5.32 Å². The topological polar surface area (TPSA) is 73.9 Å². The molecule has 0 heterocycles. The van der Waals surface area contributed by atoms with Crippen LogP contribution in [0.3, 0.4) is 0 Å². The second kappa shape index (κ2) is 9.62. The van der Waals surface area contributed by atoms with Gasteiger partial charge in [-0.15, -0.1) is 0 Å². The van der Waals surface area contributed by atoms with E-state index in [1.54, 1.807) is 12.1 Å². The first-order valence-electron chi connectivity index (χ1n) is 8.80. The van der Waals surface area contributed by atoms with Gasteiger partial charge >= 0.3 is 5.97 Å². The van der Waals surface area contributed by atoms with Gasteiger partial charge in [-0.3, -0.25) is 4.79 Å². The molecule has 1 amide bonds. The summed E-state index contributed by atoms with van der Waals surface area (Å²) in [5, 5.41) is 2.78. The van der Waals surface area contributed by atoms with Crippen LogP contribution >= 0.6 is 0 Å². The van der Waals surface area contributed by atoms with Gasteiger partial charge in [0.05, 0.1) is 19.3 Å². The van der Waals surface area contributed by atoms with Crippen molar-refractivity contribution >= 4 is 17.6 Å². The summed E-state index contributed by atoms with van der Waals surface area (Å²) in [4.78, 5) is 24.3. The quantitative estimate of drug-likeness (QED) is 0.713. The number of nitrogens with one attached hydrogen (secondary N) is 1. The Kier molecular flexibility index (Phi) is 7.23. The predicted molar refractivity (Wildman–Crippen MR) is 104 cm³/mol. The van der Waals surface area contributed by atoms with Gasteiger partial charge < -0.3 is 19.5 Å². The highest BCUT2D eigenvalue weighted by atomic mass is 16.5. The number of carbonyl (C=O) groups excluding carboxylic acids is 2. The van der Waals surface area contributed by atoms with Gasteiger partial charge in [-0.05, 0) is 49.6 Å². The van der Waals surface area contributed by atoms with Crippen molar-refractivity contribution < 1.29 is 23.8 Å². The second-order valence-corrected chi connectivity index (χ2v) is 6.11. The van der Waals surface area contributed by atoms with Crippen LogP contribution in [0.4, 0.5) is 5.69 Å². The molecule has 0 bridgehead atoms. The van der Waals surface area contributed by atoms with E-state index in [4.69, 9.17) is 14.2 Å². The number of hydrogen-bond donors (Lipinski definition) is 1. The zero-order valence-electron chi connectivity index (χ0n) is 16.1. The summed E-state index contributed by atoms with van der Waals surface area (Å²) in [5.41, 5.74) is 2.91. The molecule has 0 aliphatic heterocycles. The molecule has 1 N–H and O–H groups in total. The molecule has 0 radical (unpaired) electrons. The minimum absolute atomic E-state index is 0.288. The Bertz CT molecular complexity index is 796. The van der Waals surface area contributed by atoms with Gasteiger partial charge in [-0.1, -0.05) is 25.1 Å². The number of amides is 1. The van der Waals surface area contributed by atoms with Crippen LogP contribution in [0.15, 0.2) is 36.4 Å². The zero-order valence-corrected chi connectivity index (χ0v) is 16.1. The molecule has 0 saturated heterocycles. The van der Waals surface area contributed by atoms with E-state index in [1.807, 2.05) is 39.0 Å². The Balaban J connectivity index is 1.97. The van der Waals surface area contributed by atoms with Crippen molar-refractivity contribution in [2.45, 2.75) is 27.2 Å². The van der Waals surface area contributed by atoms with Gasteiger partial charge in [-0.25, -0.2) is 4.79 Å². The van der Waals surface area contributed by atoms with Crippen molar-refractivity contribution in [2.75, 3.05) is 25.6 Å². The third-order valence-corrected chi connectivity index (χ3v) is 3.94. The summed E-state index contributed by atoms with van der Waals surface area (Å²) in [6.07, 6.45) is 0.864. The Morgan fingerprint density at radius 3 is 2.37 bits per heavy atom. The van der Waals surface area contributed by atoms with E-state index in [0.717, 1.165) is 23.2 Å². The molecular formula is C21H25NO5. The standard InChI is InChI=1S/C21H25NO5/c1-5-11-26-17-10-9-16(12-18(17)25-4)21(24)27-13-19(23)22-20-14(2)7-6-8-15(20)3/h6-10,12H,5,11,13H2,1-4H3,(H,22,23). The summed E-state index contributed by atoms with van der Waals surface area (Å²) < 4.78 is 15.9. The molecule has 0 fully saturated rings. The molecule has 2 aromatic carbocycles. The SMILES string of the molecule is CCCOc1ccc(C(=O)OCC(=O)Nc2c(C)cccc2C)cc1OC. The number of para-hydroxylation sites is 1. The van der Waals surface area contributed by atoms with Crippen molar-refractivity contribution in [1.29, 1.82) is 0 Å². The molecule has 6 heteroatoms. The first-order valence-corrected chi connectivity index (χ1v) is 8.80. The molecule has 6 nitrogen and oxygen atoms in total. The van der Waals surface area contributed by atoms with Crippen molar-refractivity contribution in [1.82, 2.24) is 0 Å². The monoisotopic (exact) mass is 371 g/mol. The van der Waals surface area contributed by atoms with Crippen LogP contribution in [0.1, 0.15) is 34.8 Å². The molecule has 0 saturated carbocycles. The van der Waals surface area contributed by atoms with Gasteiger partial charge in [-0.2, -0.15) is 0 Å². The average molecular weight is 371 g/mol. The second-order valence-electron chi connectivity index (χ2n) is 6.11. The van der Waals surface area contributed by atoms with Crippen molar-refractivity contribution in [2.24, 2.45) is 0 Å². The number of benzene rings is 2. The van der Waals surface area contributed by atoms with Gasteiger partial charge in [0, 0.05) is 5.69 Å².